The van der Waals surface area contributed by atoms with Crippen molar-refractivity contribution in [3.8, 4) is 6.07 Å². The zero-order chi connectivity index (χ0) is 19.3. The Morgan fingerprint density at radius 1 is 0.815 bits per heavy atom. The Balaban J connectivity index is 0.000000273. The lowest BCUT2D eigenvalue weighted by molar-refractivity contribution is 0.226. The van der Waals surface area contributed by atoms with Crippen molar-refractivity contribution in [1.82, 2.24) is 0 Å². The Bertz CT molecular complexity index is 463. The molecule has 0 bridgehead atoms. The molecular formula is C26H43N. The first-order chi connectivity index (χ1) is 13.2. The minimum Gasteiger partial charge on any atom is -0.193 e. The van der Waals surface area contributed by atoms with Crippen LogP contribution in [0.2, 0.25) is 0 Å². The molecule has 152 valence electrons. The highest BCUT2D eigenvalue weighted by molar-refractivity contribution is 5.19. The number of rotatable bonds is 1. The van der Waals surface area contributed by atoms with Crippen molar-refractivity contribution >= 4 is 0 Å². The Kier molecular flexibility index (Phi) is 10.9. The van der Waals surface area contributed by atoms with Crippen LogP contribution in [0.1, 0.15) is 116 Å². The molecule has 1 unspecified atom stereocenters. The molecule has 0 amide bonds. The fourth-order valence-corrected chi connectivity index (χ4v) is 5.24. The summed E-state index contributed by atoms with van der Waals surface area (Å²) in [6.07, 6.45) is 25.2. The molecule has 0 N–H and O–H groups in total. The molecule has 3 aliphatic rings. The SMILES string of the molecule is C1CCCCCCC1.C=C1CCCC/C(=C\C#N)CC1C1CCC(C)CC1. The highest BCUT2D eigenvalue weighted by atomic mass is 14.3. The summed E-state index contributed by atoms with van der Waals surface area (Å²) in [7, 11) is 0. The van der Waals surface area contributed by atoms with E-state index in [4.69, 9.17) is 5.26 Å². The molecule has 0 aromatic heterocycles. The monoisotopic (exact) mass is 369 g/mol. The van der Waals surface area contributed by atoms with Gasteiger partial charge in [0.1, 0.15) is 0 Å². The Hall–Kier alpha value is -1.03. The minimum absolute atomic E-state index is 0.646. The Morgan fingerprint density at radius 2 is 1.33 bits per heavy atom. The first-order valence-electron chi connectivity index (χ1n) is 12.0. The van der Waals surface area contributed by atoms with Gasteiger partial charge in [0.2, 0.25) is 0 Å². The molecule has 3 rings (SSSR count). The first kappa shape index (κ1) is 22.3. The van der Waals surface area contributed by atoms with E-state index >= 15 is 0 Å². The van der Waals surface area contributed by atoms with E-state index in [-0.39, 0.29) is 0 Å². The van der Waals surface area contributed by atoms with Crippen molar-refractivity contribution < 1.29 is 0 Å². The second kappa shape index (κ2) is 13.2. The average molecular weight is 370 g/mol. The number of hydrogen-bond donors (Lipinski definition) is 0. The fourth-order valence-electron chi connectivity index (χ4n) is 5.24. The van der Waals surface area contributed by atoms with Gasteiger partial charge in [0, 0.05) is 6.08 Å². The summed E-state index contributed by atoms with van der Waals surface area (Å²) < 4.78 is 0. The number of nitrogens with zero attached hydrogens (tertiary/aromatic N) is 1. The predicted octanol–water partition coefficient (Wildman–Crippen LogP) is 8.52. The third-order valence-corrected chi connectivity index (χ3v) is 7.15. The van der Waals surface area contributed by atoms with E-state index in [0.29, 0.717) is 5.92 Å². The van der Waals surface area contributed by atoms with E-state index < -0.39 is 0 Å². The largest absolute Gasteiger partial charge is 0.193 e. The van der Waals surface area contributed by atoms with Crippen molar-refractivity contribution in [3.63, 3.8) is 0 Å². The van der Waals surface area contributed by atoms with Crippen LogP contribution in [0.15, 0.2) is 23.8 Å². The molecule has 27 heavy (non-hydrogen) atoms. The normalized spacial score (nSPS) is 32.1. The second-order valence-electron chi connectivity index (χ2n) is 9.46. The van der Waals surface area contributed by atoms with Crippen LogP contribution in [0.4, 0.5) is 0 Å². The van der Waals surface area contributed by atoms with Gasteiger partial charge in [0.25, 0.3) is 0 Å². The minimum atomic E-state index is 0.646. The molecule has 1 heteroatoms. The second-order valence-corrected chi connectivity index (χ2v) is 9.46. The summed E-state index contributed by atoms with van der Waals surface area (Å²) in [6, 6.07) is 2.24. The van der Waals surface area contributed by atoms with Gasteiger partial charge in [-0.1, -0.05) is 88.9 Å². The average Bonchev–Trinajstić information content (AvgIpc) is 2.62. The summed E-state index contributed by atoms with van der Waals surface area (Å²) in [4.78, 5) is 0. The van der Waals surface area contributed by atoms with Gasteiger partial charge in [-0.3, -0.25) is 0 Å². The quantitative estimate of drug-likeness (QED) is 0.335. The third-order valence-electron chi connectivity index (χ3n) is 7.15. The molecule has 3 saturated carbocycles. The van der Waals surface area contributed by atoms with Crippen LogP contribution >= 0.6 is 0 Å². The summed E-state index contributed by atoms with van der Waals surface area (Å²) in [5.74, 6) is 2.38. The van der Waals surface area contributed by atoms with Crippen LogP contribution in [-0.2, 0) is 0 Å². The van der Waals surface area contributed by atoms with Crippen LogP contribution in [0.5, 0.6) is 0 Å². The highest BCUT2D eigenvalue weighted by Crippen LogP contribution is 2.41. The first-order valence-corrected chi connectivity index (χ1v) is 12.0. The van der Waals surface area contributed by atoms with E-state index in [1.807, 2.05) is 0 Å². The van der Waals surface area contributed by atoms with E-state index in [2.05, 4.69) is 19.6 Å². The maximum Gasteiger partial charge on any atom is 0.0911 e. The Morgan fingerprint density at radius 3 is 1.85 bits per heavy atom. The zero-order valence-corrected chi connectivity index (χ0v) is 18.0. The Labute approximate surface area is 169 Å². The zero-order valence-electron chi connectivity index (χ0n) is 18.0. The maximum atomic E-state index is 8.93. The van der Waals surface area contributed by atoms with Gasteiger partial charge < -0.3 is 0 Å². The summed E-state index contributed by atoms with van der Waals surface area (Å²) in [5.41, 5.74) is 2.83. The van der Waals surface area contributed by atoms with Gasteiger partial charge in [-0.25, -0.2) is 0 Å². The maximum absolute atomic E-state index is 8.93. The van der Waals surface area contributed by atoms with Crippen molar-refractivity contribution in [3.05, 3.63) is 23.8 Å². The molecule has 0 spiro atoms. The van der Waals surface area contributed by atoms with Crippen LogP contribution in [-0.4, -0.2) is 0 Å². The molecular weight excluding hydrogens is 326 g/mol. The summed E-state index contributed by atoms with van der Waals surface area (Å²) >= 11 is 0. The molecule has 0 saturated heterocycles. The van der Waals surface area contributed by atoms with Gasteiger partial charge in [0.05, 0.1) is 6.07 Å². The lowest BCUT2D eigenvalue weighted by Gasteiger charge is -2.35. The fraction of sp³-hybridized carbons (Fsp3) is 0.808. The van der Waals surface area contributed by atoms with Gasteiger partial charge in [-0.05, 0) is 62.7 Å². The summed E-state index contributed by atoms with van der Waals surface area (Å²) in [5, 5.41) is 8.93. The van der Waals surface area contributed by atoms with Crippen molar-refractivity contribution in [2.45, 2.75) is 116 Å². The van der Waals surface area contributed by atoms with Crippen LogP contribution in [0.25, 0.3) is 0 Å². The van der Waals surface area contributed by atoms with E-state index in [9.17, 15) is 0 Å². The number of hydrogen-bond acceptors (Lipinski definition) is 1. The van der Waals surface area contributed by atoms with Gasteiger partial charge in [0.15, 0.2) is 0 Å². The predicted molar refractivity (Wildman–Crippen MR) is 117 cm³/mol. The number of allylic oxidation sites excluding steroid dienone is 3. The molecule has 0 radical (unpaired) electrons. The third kappa shape index (κ3) is 8.68. The molecule has 0 aromatic carbocycles. The van der Waals surface area contributed by atoms with E-state index in [0.717, 1.165) is 24.7 Å². The highest BCUT2D eigenvalue weighted by Gasteiger charge is 2.29. The van der Waals surface area contributed by atoms with Crippen molar-refractivity contribution in [1.29, 1.82) is 5.26 Å². The van der Waals surface area contributed by atoms with E-state index in [1.165, 1.54) is 107 Å². The topological polar surface area (TPSA) is 23.8 Å². The lowest BCUT2D eigenvalue weighted by atomic mass is 9.70. The molecule has 0 aromatic rings. The van der Waals surface area contributed by atoms with Crippen LogP contribution < -0.4 is 0 Å². The van der Waals surface area contributed by atoms with Gasteiger partial charge in [-0.15, -0.1) is 0 Å². The van der Waals surface area contributed by atoms with Crippen LogP contribution in [0.3, 0.4) is 0 Å². The molecule has 3 aliphatic carbocycles. The van der Waals surface area contributed by atoms with Crippen molar-refractivity contribution in [2.24, 2.45) is 17.8 Å². The van der Waals surface area contributed by atoms with Crippen molar-refractivity contribution in [2.75, 3.05) is 0 Å². The molecule has 1 nitrogen and oxygen atoms in total. The standard InChI is InChI=1S/C18H27N.C8H16/c1-14-7-9-17(10-8-14)18-13-16(11-12-19)6-4-3-5-15(18)2;1-2-4-6-8-7-5-3-1/h11,14,17-18H,2-10,13H2,1H3;1-8H2/b16-11+;. The lowest BCUT2D eigenvalue weighted by Crippen LogP contribution is -2.23. The van der Waals surface area contributed by atoms with Crippen LogP contribution in [0, 0.1) is 29.1 Å². The smallest absolute Gasteiger partial charge is 0.0911 e. The van der Waals surface area contributed by atoms with E-state index in [1.54, 1.807) is 6.08 Å². The van der Waals surface area contributed by atoms with Gasteiger partial charge in [-0.2, -0.15) is 5.26 Å². The molecule has 0 aliphatic heterocycles. The summed E-state index contributed by atoms with van der Waals surface area (Å²) in [6.45, 7) is 6.76. The molecule has 0 heterocycles. The molecule has 1 atom stereocenters. The number of nitriles is 1. The van der Waals surface area contributed by atoms with Gasteiger partial charge >= 0.3 is 0 Å². The molecule has 3 fully saturated rings.